The van der Waals surface area contributed by atoms with E-state index in [2.05, 4.69) is 240 Å². The summed E-state index contributed by atoms with van der Waals surface area (Å²) in [6, 6.07) is 84.7. The van der Waals surface area contributed by atoms with Gasteiger partial charge in [-0.05, 0) is 118 Å². The molecule has 0 unspecified atom stereocenters. The molecule has 2 nitrogen and oxygen atoms in total. The second-order valence-electron chi connectivity index (χ2n) is 16.5. The van der Waals surface area contributed by atoms with Crippen molar-refractivity contribution in [2.45, 2.75) is 0 Å². The molecular formula is C60H38N2S2. The summed E-state index contributed by atoms with van der Waals surface area (Å²) in [4.78, 5) is 2.45. The smallest absolute Gasteiger partial charge is 0.0640 e. The molecule has 64 heavy (non-hydrogen) atoms. The minimum absolute atomic E-state index is 1.11. The van der Waals surface area contributed by atoms with Crippen LogP contribution in [0.25, 0.3) is 101 Å². The molecule has 0 atom stereocenters. The summed E-state index contributed by atoms with van der Waals surface area (Å²) in [6.07, 6.45) is 0. The van der Waals surface area contributed by atoms with E-state index in [1.165, 1.54) is 101 Å². The molecule has 0 spiro atoms. The number of hydrogen-bond donors (Lipinski definition) is 0. The predicted octanol–water partition coefficient (Wildman–Crippen LogP) is 18.0. The van der Waals surface area contributed by atoms with E-state index in [1.807, 2.05) is 22.7 Å². The first kappa shape index (κ1) is 36.9. The lowest BCUT2D eigenvalue weighted by Crippen LogP contribution is -2.10. The van der Waals surface area contributed by atoms with Crippen LogP contribution in [0.2, 0.25) is 0 Å². The molecule has 3 aromatic heterocycles. The number of anilines is 3. The highest BCUT2D eigenvalue weighted by atomic mass is 32.1. The fourth-order valence-electron chi connectivity index (χ4n) is 9.75. The Hall–Kier alpha value is -7.76. The van der Waals surface area contributed by atoms with Crippen molar-refractivity contribution in [2.24, 2.45) is 0 Å². The van der Waals surface area contributed by atoms with E-state index in [0.717, 1.165) is 17.1 Å². The average Bonchev–Trinajstić information content (AvgIpc) is 4.04. The molecule has 0 bridgehead atoms. The van der Waals surface area contributed by atoms with Crippen molar-refractivity contribution in [3.63, 3.8) is 0 Å². The zero-order valence-electron chi connectivity index (χ0n) is 34.7. The summed E-state index contributed by atoms with van der Waals surface area (Å²) in [5, 5.41) is 7.73. The van der Waals surface area contributed by atoms with Crippen LogP contribution in [0, 0.1) is 0 Å². The maximum atomic E-state index is 2.45. The quantitative estimate of drug-likeness (QED) is 0.155. The van der Waals surface area contributed by atoms with Crippen molar-refractivity contribution in [2.75, 3.05) is 4.90 Å². The van der Waals surface area contributed by atoms with Gasteiger partial charge in [-0.25, -0.2) is 0 Å². The van der Waals surface area contributed by atoms with E-state index in [4.69, 9.17) is 0 Å². The Labute approximate surface area is 378 Å². The molecular weight excluding hydrogens is 813 g/mol. The second-order valence-corrected chi connectivity index (χ2v) is 18.6. The molecule has 13 aromatic rings. The molecule has 0 fully saturated rings. The van der Waals surface area contributed by atoms with E-state index in [-0.39, 0.29) is 0 Å². The van der Waals surface area contributed by atoms with Gasteiger partial charge in [0.1, 0.15) is 0 Å². The zero-order valence-corrected chi connectivity index (χ0v) is 36.3. The molecule has 13 rings (SSSR count). The lowest BCUT2D eigenvalue weighted by molar-refractivity contribution is 1.18. The molecule has 3 heterocycles. The van der Waals surface area contributed by atoms with Crippen LogP contribution in [0.15, 0.2) is 231 Å². The third kappa shape index (κ3) is 6.06. The normalized spacial score (nSPS) is 11.8. The van der Waals surface area contributed by atoms with Crippen LogP contribution in [0.3, 0.4) is 0 Å². The molecule has 4 heteroatoms. The molecule has 300 valence electrons. The molecule has 0 radical (unpaired) electrons. The Kier molecular flexibility index (Phi) is 8.61. The Balaban J connectivity index is 0.925. The van der Waals surface area contributed by atoms with Crippen LogP contribution in [-0.4, -0.2) is 4.57 Å². The lowest BCUT2D eigenvalue weighted by atomic mass is 9.97. The third-order valence-corrected chi connectivity index (χ3v) is 15.1. The van der Waals surface area contributed by atoms with Crippen LogP contribution in [-0.2, 0) is 0 Å². The highest BCUT2D eigenvalue weighted by Gasteiger charge is 2.20. The van der Waals surface area contributed by atoms with Gasteiger partial charge in [0, 0.05) is 63.5 Å². The van der Waals surface area contributed by atoms with Crippen molar-refractivity contribution >= 4 is 102 Å². The first-order valence-corrected chi connectivity index (χ1v) is 23.4. The van der Waals surface area contributed by atoms with Gasteiger partial charge in [-0.3, -0.25) is 0 Å². The average molecular weight is 851 g/mol. The summed E-state index contributed by atoms with van der Waals surface area (Å²) >= 11 is 3.73. The molecule has 0 aliphatic rings. The maximum absolute atomic E-state index is 2.45. The van der Waals surface area contributed by atoms with Gasteiger partial charge in [0.05, 0.1) is 21.4 Å². The second kappa shape index (κ2) is 15.0. The molecule has 0 aliphatic carbocycles. The number of thiophene rings is 2. The predicted molar refractivity (Wildman–Crippen MR) is 278 cm³/mol. The van der Waals surface area contributed by atoms with Gasteiger partial charge in [-0.2, -0.15) is 0 Å². The van der Waals surface area contributed by atoms with Gasteiger partial charge in [0.15, 0.2) is 0 Å². The van der Waals surface area contributed by atoms with Gasteiger partial charge in [-0.1, -0.05) is 146 Å². The summed E-state index contributed by atoms with van der Waals surface area (Å²) in [7, 11) is 0. The summed E-state index contributed by atoms with van der Waals surface area (Å²) in [5.41, 5.74) is 14.1. The van der Waals surface area contributed by atoms with Gasteiger partial charge >= 0.3 is 0 Å². The Morgan fingerprint density at radius 2 is 0.859 bits per heavy atom. The molecule has 0 aliphatic heterocycles. The number of nitrogens with zero attached hydrogens (tertiary/aromatic N) is 2. The van der Waals surface area contributed by atoms with Gasteiger partial charge < -0.3 is 9.47 Å². The number of para-hydroxylation sites is 2. The minimum atomic E-state index is 1.11. The van der Waals surface area contributed by atoms with E-state index < -0.39 is 0 Å². The maximum Gasteiger partial charge on any atom is 0.0640 e. The first-order valence-electron chi connectivity index (χ1n) is 21.7. The molecule has 0 amide bonds. The molecule has 10 aromatic carbocycles. The van der Waals surface area contributed by atoms with Gasteiger partial charge in [-0.15, -0.1) is 22.7 Å². The van der Waals surface area contributed by atoms with E-state index in [0.29, 0.717) is 0 Å². The van der Waals surface area contributed by atoms with E-state index >= 15 is 0 Å². The number of aromatic nitrogens is 1. The van der Waals surface area contributed by atoms with Crippen molar-refractivity contribution in [1.82, 2.24) is 4.57 Å². The van der Waals surface area contributed by atoms with Gasteiger partial charge in [0.2, 0.25) is 0 Å². The highest BCUT2D eigenvalue weighted by Crippen LogP contribution is 2.46. The summed E-state index contributed by atoms with van der Waals surface area (Å²) < 4.78 is 7.61. The van der Waals surface area contributed by atoms with Crippen LogP contribution >= 0.6 is 22.7 Å². The Morgan fingerprint density at radius 3 is 1.67 bits per heavy atom. The van der Waals surface area contributed by atoms with Crippen LogP contribution in [0.1, 0.15) is 0 Å². The standard InChI is InChI=1S/C60H38N2S2/c1-2-16-45(17-3-1)62-54-23-7-4-19-48(54)49-33-29-44(38-56(49)62)39-27-31-46(32-28-39)61(55-24-12-22-52-50-20-5-9-26-58(50)64-60(52)55)47-18-11-15-42(36-47)40-13-10-14-41(35-40)43-30-34-59-53(37-43)51-21-6-8-25-57(51)63-59/h1-38H. The third-order valence-electron chi connectivity index (χ3n) is 12.8. The Bertz CT molecular complexity index is 3910. The lowest BCUT2D eigenvalue weighted by Gasteiger charge is -2.27. The van der Waals surface area contributed by atoms with E-state index in [1.54, 1.807) is 0 Å². The zero-order chi connectivity index (χ0) is 42.1. The Morgan fingerprint density at radius 1 is 0.297 bits per heavy atom. The van der Waals surface area contributed by atoms with Crippen molar-refractivity contribution in [3.8, 4) is 39.1 Å². The fourth-order valence-corrected chi connectivity index (χ4v) is 12.0. The van der Waals surface area contributed by atoms with Crippen molar-refractivity contribution in [3.05, 3.63) is 231 Å². The highest BCUT2D eigenvalue weighted by molar-refractivity contribution is 7.26. The van der Waals surface area contributed by atoms with Crippen LogP contribution in [0.4, 0.5) is 17.1 Å². The summed E-state index contributed by atoms with van der Waals surface area (Å²) in [5.74, 6) is 0. The SMILES string of the molecule is c1ccc(-n2c3ccccc3c3ccc(-c4ccc(N(c5cccc(-c6cccc(-c7ccc8sc9ccccc9c8c7)c6)c5)c5cccc6c5sc5ccccc56)cc4)cc32)cc1. The molecule has 0 N–H and O–H groups in total. The van der Waals surface area contributed by atoms with Crippen LogP contribution < -0.4 is 4.90 Å². The van der Waals surface area contributed by atoms with Crippen molar-refractivity contribution < 1.29 is 0 Å². The summed E-state index contributed by atoms with van der Waals surface area (Å²) in [6.45, 7) is 0. The first-order chi connectivity index (χ1) is 31.7. The fraction of sp³-hybridized carbons (Fsp3) is 0. The number of hydrogen-bond acceptors (Lipinski definition) is 3. The molecule has 0 saturated carbocycles. The number of benzene rings is 10. The van der Waals surface area contributed by atoms with Gasteiger partial charge in [0.25, 0.3) is 0 Å². The number of rotatable bonds is 7. The van der Waals surface area contributed by atoms with Crippen molar-refractivity contribution in [1.29, 1.82) is 0 Å². The largest absolute Gasteiger partial charge is 0.309 e. The monoisotopic (exact) mass is 850 g/mol. The number of fused-ring (bicyclic) bond motifs is 9. The topological polar surface area (TPSA) is 8.17 Å². The molecule has 0 saturated heterocycles. The van der Waals surface area contributed by atoms with E-state index in [9.17, 15) is 0 Å². The minimum Gasteiger partial charge on any atom is -0.309 e. The van der Waals surface area contributed by atoms with Crippen LogP contribution in [0.5, 0.6) is 0 Å².